The van der Waals surface area contributed by atoms with Crippen molar-refractivity contribution in [1.29, 1.82) is 5.26 Å². The lowest BCUT2D eigenvalue weighted by molar-refractivity contribution is 0.161. The third-order valence-corrected chi connectivity index (χ3v) is 3.83. The Morgan fingerprint density at radius 3 is 2.27 bits per heavy atom. The van der Waals surface area contributed by atoms with Crippen LogP contribution in [0.3, 0.4) is 0 Å². The van der Waals surface area contributed by atoms with Crippen LogP contribution in [-0.4, -0.2) is 0 Å². The molecule has 0 aliphatic heterocycles. The smallest absolute Gasteiger partial charge is 0.0911 e. The molecule has 1 fully saturated rings. The highest BCUT2D eigenvalue weighted by atomic mass is 14.4. The van der Waals surface area contributed by atoms with E-state index in [1.54, 1.807) is 6.08 Å². The third kappa shape index (κ3) is 3.09. The van der Waals surface area contributed by atoms with Gasteiger partial charge in [-0.25, -0.2) is 0 Å². The average molecular weight is 205 g/mol. The lowest BCUT2D eigenvalue weighted by atomic mass is 9.67. The molecule has 0 heterocycles. The van der Waals surface area contributed by atoms with Crippen molar-refractivity contribution in [2.75, 3.05) is 0 Å². The zero-order valence-corrected chi connectivity index (χ0v) is 10.5. The normalized spacial score (nSPS) is 29.8. The number of allylic oxidation sites excluding steroid dienone is 2. The standard InChI is InChI=1S/C14H23N/c1-10(2)13-6-5-12(7-8-15)9-14(13)11(3)4/h7,10-11,13-14H,5-6,9H2,1-4H3/b12-7+. The second-order valence-electron chi connectivity index (χ2n) is 5.49. The fourth-order valence-electron chi connectivity index (χ4n) is 2.90. The molecule has 15 heavy (non-hydrogen) atoms. The summed E-state index contributed by atoms with van der Waals surface area (Å²) in [5, 5.41) is 8.69. The summed E-state index contributed by atoms with van der Waals surface area (Å²) in [6.07, 6.45) is 5.33. The summed E-state index contributed by atoms with van der Waals surface area (Å²) in [5.74, 6) is 3.14. The first kappa shape index (κ1) is 12.3. The Bertz CT molecular complexity index is 268. The highest BCUT2D eigenvalue weighted by molar-refractivity contribution is 5.16. The molecule has 0 spiro atoms. The largest absolute Gasteiger partial charge is 0.193 e. The maximum atomic E-state index is 8.69. The first-order chi connectivity index (χ1) is 7.06. The van der Waals surface area contributed by atoms with Crippen molar-refractivity contribution in [2.45, 2.75) is 47.0 Å². The van der Waals surface area contributed by atoms with E-state index in [1.807, 2.05) is 0 Å². The molecule has 0 amide bonds. The van der Waals surface area contributed by atoms with E-state index in [1.165, 1.54) is 12.0 Å². The van der Waals surface area contributed by atoms with E-state index in [9.17, 15) is 0 Å². The first-order valence-corrected chi connectivity index (χ1v) is 6.13. The zero-order chi connectivity index (χ0) is 11.4. The Labute approximate surface area is 94.2 Å². The van der Waals surface area contributed by atoms with Crippen molar-refractivity contribution in [1.82, 2.24) is 0 Å². The molecule has 1 heteroatoms. The number of hydrogen-bond acceptors (Lipinski definition) is 1. The van der Waals surface area contributed by atoms with Gasteiger partial charge in [0, 0.05) is 6.08 Å². The van der Waals surface area contributed by atoms with E-state index < -0.39 is 0 Å². The van der Waals surface area contributed by atoms with Gasteiger partial charge in [-0.3, -0.25) is 0 Å². The number of rotatable bonds is 2. The molecule has 0 aromatic carbocycles. The Morgan fingerprint density at radius 2 is 1.80 bits per heavy atom. The van der Waals surface area contributed by atoms with E-state index in [0.29, 0.717) is 0 Å². The molecule has 0 radical (unpaired) electrons. The van der Waals surface area contributed by atoms with Crippen LogP contribution in [0.5, 0.6) is 0 Å². The molecule has 1 aliphatic carbocycles. The summed E-state index contributed by atoms with van der Waals surface area (Å²) < 4.78 is 0. The molecule has 2 atom stereocenters. The van der Waals surface area contributed by atoms with Crippen molar-refractivity contribution in [3.63, 3.8) is 0 Å². The SMILES string of the molecule is CC(C)C1CC/C(=C\C#N)CC1C(C)C. The fourth-order valence-corrected chi connectivity index (χ4v) is 2.90. The van der Waals surface area contributed by atoms with Gasteiger partial charge in [0.05, 0.1) is 6.07 Å². The van der Waals surface area contributed by atoms with Gasteiger partial charge in [0.25, 0.3) is 0 Å². The first-order valence-electron chi connectivity index (χ1n) is 6.13. The molecule has 0 saturated heterocycles. The molecule has 0 bridgehead atoms. The van der Waals surface area contributed by atoms with Gasteiger partial charge >= 0.3 is 0 Å². The quantitative estimate of drug-likeness (QED) is 0.621. The zero-order valence-electron chi connectivity index (χ0n) is 10.5. The Balaban J connectivity index is 2.75. The van der Waals surface area contributed by atoms with Gasteiger partial charge in [-0.1, -0.05) is 33.3 Å². The maximum absolute atomic E-state index is 8.69. The van der Waals surface area contributed by atoms with Crippen LogP contribution >= 0.6 is 0 Å². The number of hydrogen-bond donors (Lipinski definition) is 0. The molecular formula is C14H23N. The molecule has 1 nitrogen and oxygen atoms in total. The third-order valence-electron chi connectivity index (χ3n) is 3.83. The second-order valence-corrected chi connectivity index (χ2v) is 5.49. The molecule has 0 N–H and O–H groups in total. The van der Waals surface area contributed by atoms with Crippen LogP contribution in [0.15, 0.2) is 11.6 Å². The van der Waals surface area contributed by atoms with Gasteiger partial charge in [-0.15, -0.1) is 0 Å². The van der Waals surface area contributed by atoms with Crippen LogP contribution in [0.25, 0.3) is 0 Å². The van der Waals surface area contributed by atoms with Gasteiger partial charge in [-0.05, 0) is 42.9 Å². The van der Waals surface area contributed by atoms with Gasteiger partial charge in [-0.2, -0.15) is 5.26 Å². The highest BCUT2D eigenvalue weighted by Crippen LogP contribution is 2.41. The van der Waals surface area contributed by atoms with Gasteiger partial charge < -0.3 is 0 Å². The topological polar surface area (TPSA) is 23.8 Å². The van der Waals surface area contributed by atoms with Gasteiger partial charge in [0.15, 0.2) is 0 Å². The predicted molar refractivity (Wildman–Crippen MR) is 64.2 cm³/mol. The Kier molecular flexibility index (Phi) is 4.39. The van der Waals surface area contributed by atoms with Crippen molar-refractivity contribution < 1.29 is 0 Å². The van der Waals surface area contributed by atoms with Crippen molar-refractivity contribution in [2.24, 2.45) is 23.7 Å². The van der Waals surface area contributed by atoms with Gasteiger partial charge in [0.2, 0.25) is 0 Å². The van der Waals surface area contributed by atoms with E-state index >= 15 is 0 Å². The molecule has 1 saturated carbocycles. The Morgan fingerprint density at radius 1 is 1.20 bits per heavy atom. The Hall–Kier alpha value is -0.770. The van der Waals surface area contributed by atoms with Crippen LogP contribution in [0, 0.1) is 35.0 Å². The molecular weight excluding hydrogens is 182 g/mol. The highest BCUT2D eigenvalue weighted by Gasteiger charge is 2.31. The summed E-state index contributed by atoms with van der Waals surface area (Å²) in [6, 6.07) is 2.18. The summed E-state index contributed by atoms with van der Waals surface area (Å²) in [5.41, 5.74) is 1.37. The van der Waals surface area contributed by atoms with Crippen LogP contribution in [0.1, 0.15) is 47.0 Å². The van der Waals surface area contributed by atoms with E-state index in [2.05, 4.69) is 33.8 Å². The summed E-state index contributed by atoms with van der Waals surface area (Å²) in [4.78, 5) is 0. The van der Waals surface area contributed by atoms with E-state index in [0.717, 1.165) is 36.5 Å². The minimum atomic E-state index is 0.736. The summed E-state index contributed by atoms with van der Waals surface area (Å²) >= 11 is 0. The van der Waals surface area contributed by atoms with Crippen LogP contribution in [0.2, 0.25) is 0 Å². The lowest BCUT2D eigenvalue weighted by Gasteiger charge is -2.38. The lowest BCUT2D eigenvalue weighted by Crippen LogP contribution is -2.28. The van der Waals surface area contributed by atoms with E-state index in [-0.39, 0.29) is 0 Å². The average Bonchev–Trinajstić information content (AvgIpc) is 2.17. The van der Waals surface area contributed by atoms with E-state index in [4.69, 9.17) is 5.26 Å². The molecule has 1 rings (SSSR count). The molecule has 0 aromatic heterocycles. The number of nitriles is 1. The van der Waals surface area contributed by atoms with Crippen molar-refractivity contribution in [3.8, 4) is 6.07 Å². The maximum Gasteiger partial charge on any atom is 0.0911 e. The summed E-state index contributed by atoms with van der Waals surface area (Å²) in [6.45, 7) is 9.29. The fraction of sp³-hybridized carbons (Fsp3) is 0.786. The molecule has 2 unspecified atom stereocenters. The summed E-state index contributed by atoms with van der Waals surface area (Å²) in [7, 11) is 0. The van der Waals surface area contributed by atoms with Crippen LogP contribution in [0.4, 0.5) is 0 Å². The molecule has 84 valence electrons. The minimum Gasteiger partial charge on any atom is -0.193 e. The monoisotopic (exact) mass is 205 g/mol. The second kappa shape index (κ2) is 5.35. The van der Waals surface area contributed by atoms with Crippen LogP contribution in [-0.2, 0) is 0 Å². The predicted octanol–water partition coefficient (Wildman–Crippen LogP) is 4.16. The number of nitrogens with zero attached hydrogens (tertiary/aromatic N) is 1. The minimum absolute atomic E-state index is 0.736. The van der Waals surface area contributed by atoms with Gasteiger partial charge in [0.1, 0.15) is 0 Å². The molecule has 0 aromatic rings. The molecule has 1 aliphatic rings. The van der Waals surface area contributed by atoms with Crippen LogP contribution < -0.4 is 0 Å². The van der Waals surface area contributed by atoms with Crippen molar-refractivity contribution >= 4 is 0 Å². The van der Waals surface area contributed by atoms with Crippen molar-refractivity contribution in [3.05, 3.63) is 11.6 Å².